The van der Waals surface area contributed by atoms with Crippen molar-refractivity contribution in [2.75, 3.05) is 7.05 Å². The SMILES string of the molecule is CC(N)[N+]1(C)C2CC21. The molecule has 3 atom stereocenters. The van der Waals surface area contributed by atoms with E-state index >= 15 is 0 Å². The quantitative estimate of drug-likeness (QED) is 0.373. The summed E-state index contributed by atoms with van der Waals surface area (Å²) < 4.78 is 1.17. The molecule has 46 valence electrons. The Labute approximate surface area is 49.9 Å². The second kappa shape index (κ2) is 0.957. The minimum Gasteiger partial charge on any atom is -0.297 e. The molecule has 0 aromatic rings. The maximum atomic E-state index is 5.72. The predicted octanol–water partition coefficient (Wildman–Crippen LogP) is -0.108. The van der Waals surface area contributed by atoms with E-state index < -0.39 is 0 Å². The molecule has 1 heterocycles. The molecule has 0 radical (unpaired) electrons. The van der Waals surface area contributed by atoms with Crippen molar-refractivity contribution in [3.8, 4) is 0 Å². The lowest BCUT2D eigenvalue weighted by molar-refractivity contribution is -0.854. The highest BCUT2D eigenvalue weighted by Crippen LogP contribution is 2.58. The zero-order chi connectivity index (χ0) is 5.94. The lowest BCUT2D eigenvalue weighted by Gasteiger charge is -2.23. The molecule has 2 fully saturated rings. The summed E-state index contributed by atoms with van der Waals surface area (Å²) in [7, 11) is 2.25. The summed E-state index contributed by atoms with van der Waals surface area (Å²) in [6.45, 7) is 2.10. The summed E-state index contributed by atoms with van der Waals surface area (Å²) in [5.74, 6) is 0. The van der Waals surface area contributed by atoms with Gasteiger partial charge in [-0.05, 0) is 0 Å². The molecule has 2 heteroatoms. The fraction of sp³-hybridized carbons (Fsp3) is 1.00. The Kier molecular flexibility index (Phi) is 0.570. The van der Waals surface area contributed by atoms with Crippen LogP contribution in [0.15, 0.2) is 0 Å². The number of hydrogen-bond acceptors (Lipinski definition) is 1. The Balaban J connectivity index is 2.07. The van der Waals surface area contributed by atoms with E-state index in [1.54, 1.807) is 0 Å². The fourth-order valence-corrected chi connectivity index (χ4v) is 1.72. The number of hydrogen-bond donors (Lipinski definition) is 1. The van der Waals surface area contributed by atoms with Crippen LogP contribution in [0.25, 0.3) is 0 Å². The smallest absolute Gasteiger partial charge is 0.149 e. The fourth-order valence-electron chi connectivity index (χ4n) is 1.72. The third-order valence-corrected chi connectivity index (χ3v) is 2.94. The molecule has 1 saturated carbocycles. The normalized spacial score (nSPS) is 61.9. The molecular weight excluding hydrogens is 100 g/mol. The van der Waals surface area contributed by atoms with Gasteiger partial charge in [-0.15, -0.1) is 0 Å². The zero-order valence-electron chi connectivity index (χ0n) is 5.46. The topological polar surface area (TPSA) is 26.0 Å². The molecule has 1 aliphatic carbocycles. The van der Waals surface area contributed by atoms with Crippen molar-refractivity contribution in [3.05, 3.63) is 0 Å². The molecule has 2 N–H and O–H groups in total. The average Bonchev–Trinajstić information content (AvgIpc) is 2.46. The molecule has 2 rings (SSSR count). The van der Waals surface area contributed by atoms with Gasteiger partial charge in [-0.25, -0.2) is 0 Å². The van der Waals surface area contributed by atoms with E-state index in [1.165, 1.54) is 10.9 Å². The molecular formula is C6H13N2+. The van der Waals surface area contributed by atoms with Crippen molar-refractivity contribution in [2.45, 2.75) is 31.6 Å². The van der Waals surface area contributed by atoms with Gasteiger partial charge in [-0.3, -0.25) is 10.2 Å². The monoisotopic (exact) mass is 113 g/mol. The Morgan fingerprint density at radius 1 is 1.62 bits per heavy atom. The van der Waals surface area contributed by atoms with E-state index in [0.717, 1.165) is 12.1 Å². The van der Waals surface area contributed by atoms with Crippen molar-refractivity contribution in [1.29, 1.82) is 0 Å². The van der Waals surface area contributed by atoms with E-state index in [0.29, 0.717) is 6.17 Å². The van der Waals surface area contributed by atoms with Crippen molar-refractivity contribution in [1.82, 2.24) is 0 Å². The standard InChI is InChI=1S/C6H13N2/c1-4(7)8(2)5-3-6(5)8/h4-6H,3,7H2,1-2H3/q+1. The van der Waals surface area contributed by atoms with Crippen molar-refractivity contribution >= 4 is 0 Å². The van der Waals surface area contributed by atoms with Crippen LogP contribution < -0.4 is 5.73 Å². The number of fused-ring (bicyclic) bond motifs is 1. The zero-order valence-corrected chi connectivity index (χ0v) is 5.46. The first-order valence-electron chi connectivity index (χ1n) is 3.28. The van der Waals surface area contributed by atoms with Crippen molar-refractivity contribution < 1.29 is 4.48 Å². The van der Waals surface area contributed by atoms with Gasteiger partial charge in [0.1, 0.15) is 18.2 Å². The summed E-state index contributed by atoms with van der Waals surface area (Å²) >= 11 is 0. The molecule has 1 aliphatic heterocycles. The Morgan fingerprint density at radius 2 is 2.12 bits per heavy atom. The van der Waals surface area contributed by atoms with Gasteiger partial charge in [0.25, 0.3) is 0 Å². The van der Waals surface area contributed by atoms with Gasteiger partial charge in [-0.2, -0.15) is 0 Å². The molecule has 3 unspecified atom stereocenters. The first kappa shape index (κ1) is 4.77. The first-order valence-corrected chi connectivity index (χ1v) is 3.28. The highest BCUT2D eigenvalue weighted by atomic mass is 15.6. The van der Waals surface area contributed by atoms with Crippen LogP contribution in [0, 0.1) is 0 Å². The number of nitrogens with zero attached hydrogens (tertiary/aromatic N) is 1. The van der Waals surface area contributed by atoms with Crippen LogP contribution in [0.2, 0.25) is 0 Å². The molecule has 1 saturated heterocycles. The van der Waals surface area contributed by atoms with E-state index in [9.17, 15) is 0 Å². The van der Waals surface area contributed by atoms with Gasteiger partial charge in [0, 0.05) is 6.92 Å². The van der Waals surface area contributed by atoms with Crippen LogP contribution in [0.3, 0.4) is 0 Å². The van der Waals surface area contributed by atoms with Gasteiger partial charge >= 0.3 is 0 Å². The van der Waals surface area contributed by atoms with Gasteiger partial charge in [0.15, 0.2) is 0 Å². The van der Waals surface area contributed by atoms with Gasteiger partial charge in [0.05, 0.1) is 13.5 Å². The number of likely N-dealkylation sites (N-methyl/N-ethyl adjacent to an activating group) is 1. The minimum atomic E-state index is 0.374. The summed E-state index contributed by atoms with van der Waals surface area (Å²) in [6, 6.07) is 1.94. The third kappa shape index (κ3) is 0.298. The highest BCUT2D eigenvalue weighted by Gasteiger charge is 2.79. The first-order chi connectivity index (χ1) is 3.67. The van der Waals surface area contributed by atoms with Crippen LogP contribution >= 0.6 is 0 Å². The molecule has 0 bridgehead atoms. The minimum absolute atomic E-state index is 0.374. The van der Waals surface area contributed by atoms with Crippen molar-refractivity contribution in [2.24, 2.45) is 5.73 Å². The summed E-state index contributed by atoms with van der Waals surface area (Å²) in [5.41, 5.74) is 5.72. The van der Waals surface area contributed by atoms with Crippen LogP contribution in [0.1, 0.15) is 13.3 Å². The largest absolute Gasteiger partial charge is 0.297 e. The number of quaternary nitrogens is 1. The van der Waals surface area contributed by atoms with E-state index in [-0.39, 0.29) is 0 Å². The summed E-state index contributed by atoms with van der Waals surface area (Å²) in [4.78, 5) is 0. The molecule has 0 aromatic carbocycles. The lowest BCUT2D eigenvalue weighted by atomic mass is 10.4. The van der Waals surface area contributed by atoms with Gasteiger partial charge in [0.2, 0.25) is 0 Å². The van der Waals surface area contributed by atoms with E-state index in [4.69, 9.17) is 5.73 Å². The van der Waals surface area contributed by atoms with Crippen LogP contribution in [0.4, 0.5) is 0 Å². The van der Waals surface area contributed by atoms with Crippen LogP contribution in [-0.2, 0) is 0 Å². The Hall–Kier alpha value is -0.0800. The Bertz CT molecular complexity index is 122. The van der Waals surface area contributed by atoms with Gasteiger partial charge < -0.3 is 0 Å². The second-order valence-electron chi connectivity index (χ2n) is 3.33. The molecule has 2 nitrogen and oxygen atoms in total. The molecule has 0 amide bonds. The molecule has 8 heavy (non-hydrogen) atoms. The maximum Gasteiger partial charge on any atom is 0.149 e. The van der Waals surface area contributed by atoms with Crippen molar-refractivity contribution in [3.63, 3.8) is 0 Å². The molecule has 0 spiro atoms. The van der Waals surface area contributed by atoms with E-state index in [2.05, 4.69) is 14.0 Å². The van der Waals surface area contributed by atoms with Crippen LogP contribution in [-0.4, -0.2) is 29.8 Å². The lowest BCUT2D eigenvalue weighted by Crippen LogP contribution is -2.45. The third-order valence-electron chi connectivity index (χ3n) is 2.94. The highest BCUT2D eigenvalue weighted by molar-refractivity contribution is 5.05. The van der Waals surface area contributed by atoms with Crippen LogP contribution in [0.5, 0.6) is 0 Å². The predicted molar refractivity (Wildman–Crippen MR) is 32.0 cm³/mol. The maximum absolute atomic E-state index is 5.72. The Morgan fingerprint density at radius 3 is 2.12 bits per heavy atom. The second-order valence-corrected chi connectivity index (χ2v) is 3.33. The number of likely N-dealkylation sites (tertiary alicyclic amines) is 1. The molecule has 0 aromatic heterocycles. The van der Waals surface area contributed by atoms with E-state index in [1.807, 2.05) is 0 Å². The number of rotatable bonds is 1. The average molecular weight is 113 g/mol. The summed E-state index contributed by atoms with van der Waals surface area (Å²) in [6.07, 6.45) is 1.82. The number of nitrogens with two attached hydrogens (primary N) is 1. The molecule has 2 aliphatic rings. The van der Waals surface area contributed by atoms with Gasteiger partial charge in [-0.1, -0.05) is 0 Å². The summed E-state index contributed by atoms with van der Waals surface area (Å²) in [5, 5.41) is 0.